The van der Waals surface area contributed by atoms with Crippen LogP contribution in [0.1, 0.15) is 22.3 Å². The summed E-state index contributed by atoms with van der Waals surface area (Å²) in [5.74, 6) is -0.663. The minimum atomic E-state index is -0.348. The summed E-state index contributed by atoms with van der Waals surface area (Å²) in [6.45, 7) is 5.94. The third-order valence-corrected chi connectivity index (χ3v) is 5.15. The van der Waals surface area contributed by atoms with E-state index >= 15 is 0 Å². The van der Waals surface area contributed by atoms with Crippen molar-refractivity contribution in [3.63, 3.8) is 0 Å². The van der Waals surface area contributed by atoms with Gasteiger partial charge in [-0.25, -0.2) is 4.90 Å². The summed E-state index contributed by atoms with van der Waals surface area (Å²) in [5.41, 5.74) is 5.91. The quantitative estimate of drug-likeness (QED) is 0.646. The zero-order chi connectivity index (χ0) is 20.5. The van der Waals surface area contributed by atoms with Crippen LogP contribution in [0.25, 0.3) is 5.57 Å². The lowest BCUT2D eigenvalue weighted by Crippen LogP contribution is -2.32. The molecule has 0 bridgehead atoms. The molecule has 0 unspecified atom stereocenters. The molecule has 4 heteroatoms. The van der Waals surface area contributed by atoms with Gasteiger partial charge in [-0.2, -0.15) is 0 Å². The first-order valence-electron chi connectivity index (χ1n) is 9.56. The second-order valence-corrected chi connectivity index (χ2v) is 7.29. The summed E-state index contributed by atoms with van der Waals surface area (Å²) >= 11 is 0. The zero-order valence-electron chi connectivity index (χ0n) is 16.7. The van der Waals surface area contributed by atoms with Crippen LogP contribution in [0.3, 0.4) is 0 Å². The van der Waals surface area contributed by atoms with E-state index in [0.717, 1.165) is 27.9 Å². The van der Waals surface area contributed by atoms with Crippen LogP contribution in [0.4, 0.5) is 11.4 Å². The Hall–Kier alpha value is -3.66. The van der Waals surface area contributed by atoms with Gasteiger partial charge in [-0.15, -0.1) is 0 Å². The highest BCUT2D eigenvalue weighted by Gasteiger charge is 2.40. The highest BCUT2D eigenvalue weighted by Crippen LogP contribution is 2.35. The molecular formula is C25H22N2O2. The van der Waals surface area contributed by atoms with Crippen molar-refractivity contribution >= 4 is 28.8 Å². The van der Waals surface area contributed by atoms with Gasteiger partial charge < -0.3 is 5.32 Å². The molecule has 1 aliphatic heterocycles. The van der Waals surface area contributed by atoms with E-state index in [1.807, 2.05) is 81.4 Å². The molecule has 1 N–H and O–H groups in total. The maximum absolute atomic E-state index is 13.4. The molecule has 0 aromatic heterocycles. The molecule has 1 aliphatic rings. The van der Waals surface area contributed by atoms with Gasteiger partial charge in [0.05, 0.1) is 11.3 Å². The molecule has 144 valence electrons. The summed E-state index contributed by atoms with van der Waals surface area (Å²) in [5, 5.41) is 3.25. The molecule has 0 spiro atoms. The van der Waals surface area contributed by atoms with Crippen molar-refractivity contribution in [2.24, 2.45) is 0 Å². The average molecular weight is 382 g/mol. The molecule has 3 aromatic rings. The number of nitrogens with one attached hydrogen (secondary N) is 1. The third-order valence-electron chi connectivity index (χ3n) is 5.15. The highest BCUT2D eigenvalue weighted by atomic mass is 16.2. The molecule has 0 aliphatic carbocycles. The van der Waals surface area contributed by atoms with Crippen molar-refractivity contribution < 1.29 is 9.59 Å². The average Bonchev–Trinajstić information content (AvgIpc) is 2.94. The molecule has 1 heterocycles. The van der Waals surface area contributed by atoms with Crippen LogP contribution in [-0.2, 0) is 9.59 Å². The Balaban J connectivity index is 1.88. The van der Waals surface area contributed by atoms with Crippen molar-refractivity contribution in [2.75, 3.05) is 10.2 Å². The van der Waals surface area contributed by atoms with Gasteiger partial charge in [0.25, 0.3) is 11.8 Å². The van der Waals surface area contributed by atoms with E-state index in [-0.39, 0.29) is 11.8 Å². The lowest BCUT2D eigenvalue weighted by atomic mass is 9.97. The van der Waals surface area contributed by atoms with Gasteiger partial charge >= 0.3 is 0 Å². The summed E-state index contributed by atoms with van der Waals surface area (Å²) in [4.78, 5) is 28.1. The van der Waals surface area contributed by atoms with Crippen LogP contribution >= 0.6 is 0 Å². The summed E-state index contributed by atoms with van der Waals surface area (Å²) in [6, 6.07) is 22.7. The number of nitrogens with zero attached hydrogens (tertiary/aromatic N) is 1. The number of amides is 2. The van der Waals surface area contributed by atoms with E-state index in [2.05, 4.69) is 5.32 Å². The molecule has 0 saturated carbocycles. The van der Waals surface area contributed by atoms with Gasteiger partial charge in [0, 0.05) is 5.69 Å². The number of rotatable bonds is 4. The lowest BCUT2D eigenvalue weighted by Gasteiger charge is -2.15. The normalized spacial score (nSPS) is 14.0. The zero-order valence-corrected chi connectivity index (χ0v) is 16.7. The van der Waals surface area contributed by atoms with Crippen molar-refractivity contribution in [3.8, 4) is 0 Å². The fraction of sp³-hybridized carbons (Fsp3) is 0.120. The van der Waals surface area contributed by atoms with Gasteiger partial charge in [0.15, 0.2) is 0 Å². The van der Waals surface area contributed by atoms with Crippen LogP contribution < -0.4 is 10.2 Å². The minimum Gasteiger partial charge on any atom is -0.350 e. The predicted octanol–water partition coefficient (Wildman–Crippen LogP) is 5.01. The van der Waals surface area contributed by atoms with Crippen LogP contribution in [0.2, 0.25) is 0 Å². The number of hydrogen-bond donors (Lipinski definition) is 1. The van der Waals surface area contributed by atoms with E-state index in [9.17, 15) is 9.59 Å². The number of benzene rings is 3. The second kappa shape index (κ2) is 7.40. The van der Waals surface area contributed by atoms with Gasteiger partial charge in [0.2, 0.25) is 0 Å². The largest absolute Gasteiger partial charge is 0.350 e. The molecule has 29 heavy (non-hydrogen) atoms. The first kappa shape index (κ1) is 18.7. The number of carbonyl (C=O) groups is 2. The Bertz CT molecular complexity index is 1150. The Labute approximate surface area is 170 Å². The smallest absolute Gasteiger partial charge is 0.282 e. The van der Waals surface area contributed by atoms with Crippen molar-refractivity contribution in [1.82, 2.24) is 0 Å². The van der Waals surface area contributed by atoms with E-state index < -0.39 is 0 Å². The van der Waals surface area contributed by atoms with Gasteiger partial charge in [-0.05, 0) is 55.7 Å². The molecule has 0 fully saturated rings. The monoisotopic (exact) mass is 382 g/mol. The SMILES string of the molecule is Cc1ccc(C2=C(Nc3ccccc3C)C(=O)N(c3ccccc3)C2=O)c(C)c1. The van der Waals surface area contributed by atoms with Crippen molar-refractivity contribution in [1.29, 1.82) is 0 Å². The van der Waals surface area contributed by atoms with E-state index in [1.165, 1.54) is 4.90 Å². The van der Waals surface area contributed by atoms with Crippen molar-refractivity contribution in [3.05, 3.63) is 101 Å². The molecule has 2 amide bonds. The fourth-order valence-corrected chi connectivity index (χ4v) is 3.65. The number of aryl methyl sites for hydroxylation is 3. The summed E-state index contributed by atoms with van der Waals surface area (Å²) in [6.07, 6.45) is 0. The van der Waals surface area contributed by atoms with Crippen LogP contribution in [0, 0.1) is 20.8 Å². The van der Waals surface area contributed by atoms with Gasteiger partial charge in [0.1, 0.15) is 5.70 Å². The second-order valence-electron chi connectivity index (χ2n) is 7.29. The molecule has 4 nitrogen and oxygen atoms in total. The van der Waals surface area contributed by atoms with Crippen LogP contribution in [0.5, 0.6) is 0 Å². The number of imide groups is 1. The Morgan fingerprint density at radius 3 is 2.10 bits per heavy atom. The van der Waals surface area contributed by atoms with Gasteiger partial charge in [-0.3, -0.25) is 9.59 Å². The molecule has 0 atom stereocenters. The van der Waals surface area contributed by atoms with E-state index in [0.29, 0.717) is 17.0 Å². The number of para-hydroxylation sites is 2. The Kier molecular flexibility index (Phi) is 4.77. The molecule has 0 radical (unpaired) electrons. The summed E-state index contributed by atoms with van der Waals surface area (Å²) < 4.78 is 0. The van der Waals surface area contributed by atoms with Crippen LogP contribution in [-0.4, -0.2) is 11.8 Å². The predicted molar refractivity (Wildman–Crippen MR) is 117 cm³/mol. The van der Waals surface area contributed by atoms with E-state index in [1.54, 1.807) is 12.1 Å². The Morgan fingerprint density at radius 2 is 1.41 bits per heavy atom. The standard InChI is InChI=1S/C25H22N2O2/c1-16-13-14-20(18(3)15-16)22-23(26-21-12-8-7-9-17(21)2)25(29)27(24(22)28)19-10-5-4-6-11-19/h4-15,26H,1-3H3. The lowest BCUT2D eigenvalue weighted by molar-refractivity contribution is -0.120. The molecule has 4 rings (SSSR count). The first-order valence-corrected chi connectivity index (χ1v) is 9.56. The molecule has 3 aromatic carbocycles. The number of hydrogen-bond acceptors (Lipinski definition) is 3. The van der Waals surface area contributed by atoms with E-state index in [4.69, 9.17) is 0 Å². The topological polar surface area (TPSA) is 49.4 Å². The van der Waals surface area contributed by atoms with Crippen LogP contribution in [0.15, 0.2) is 78.5 Å². The maximum Gasteiger partial charge on any atom is 0.282 e. The third kappa shape index (κ3) is 3.34. The number of carbonyl (C=O) groups excluding carboxylic acids is 2. The molecule has 0 saturated heterocycles. The minimum absolute atomic E-state index is 0.306. The first-order chi connectivity index (χ1) is 14.0. The molecular weight excluding hydrogens is 360 g/mol. The Morgan fingerprint density at radius 1 is 0.724 bits per heavy atom. The summed E-state index contributed by atoms with van der Waals surface area (Å²) in [7, 11) is 0. The van der Waals surface area contributed by atoms with Crippen molar-refractivity contribution in [2.45, 2.75) is 20.8 Å². The number of anilines is 2. The fourth-order valence-electron chi connectivity index (χ4n) is 3.65. The maximum atomic E-state index is 13.4. The van der Waals surface area contributed by atoms with Gasteiger partial charge in [-0.1, -0.05) is 60.2 Å². The highest BCUT2D eigenvalue weighted by molar-refractivity contribution is 6.46.